The van der Waals surface area contributed by atoms with Gasteiger partial charge in [-0.3, -0.25) is 4.79 Å². The first-order chi connectivity index (χ1) is 8.01. The molecule has 1 N–H and O–H groups in total. The number of nitrogens with one attached hydrogen (secondary N) is 1. The Balaban J connectivity index is 2.10. The normalized spacial score (nSPS) is 23.7. The molecule has 1 aromatic heterocycles. The second-order valence-corrected chi connectivity index (χ2v) is 6.94. The number of aromatic nitrogens is 1. The van der Waals surface area contributed by atoms with Gasteiger partial charge < -0.3 is 5.32 Å². The molecule has 0 saturated carbocycles. The number of hydrogen-bond acceptors (Lipinski definition) is 3. The van der Waals surface area contributed by atoms with Crippen LogP contribution in [0.15, 0.2) is 16.7 Å². The minimum Gasteiger partial charge on any atom is -0.323 e. The van der Waals surface area contributed by atoms with E-state index in [4.69, 9.17) is 11.6 Å². The Labute approximate surface area is 118 Å². The molecule has 1 saturated heterocycles. The summed E-state index contributed by atoms with van der Waals surface area (Å²) < 4.78 is 0.368. The fraction of sp³-hybridized carbons (Fsp3) is 0.455. The van der Waals surface area contributed by atoms with Gasteiger partial charge in [0.25, 0.3) is 0 Å². The molecule has 0 bridgehead atoms. The summed E-state index contributed by atoms with van der Waals surface area (Å²) in [6.45, 7) is 1.98. The number of carbonyl (C=O) groups is 1. The van der Waals surface area contributed by atoms with Gasteiger partial charge in [0.1, 0.15) is 5.15 Å². The fourth-order valence-corrected chi connectivity index (χ4v) is 3.37. The average Bonchev–Trinajstić information content (AvgIpc) is 2.72. The van der Waals surface area contributed by atoms with Gasteiger partial charge >= 0.3 is 0 Å². The average molecular weight is 336 g/mol. The van der Waals surface area contributed by atoms with Gasteiger partial charge in [-0.25, -0.2) is 4.98 Å². The molecule has 0 aliphatic carbocycles. The van der Waals surface area contributed by atoms with Gasteiger partial charge in [-0.2, -0.15) is 0 Å². The second-order valence-electron chi connectivity index (χ2n) is 4.13. The van der Waals surface area contributed by atoms with Crippen LogP contribution in [0.2, 0.25) is 5.15 Å². The lowest BCUT2D eigenvalue weighted by Gasteiger charge is -2.21. The molecule has 1 aliphatic rings. The van der Waals surface area contributed by atoms with Crippen molar-refractivity contribution in [3.63, 3.8) is 0 Å². The first-order valence-corrected chi connectivity index (χ1v) is 7.43. The van der Waals surface area contributed by atoms with E-state index in [2.05, 4.69) is 26.2 Å². The fourth-order valence-electron chi connectivity index (χ4n) is 1.71. The van der Waals surface area contributed by atoms with Crippen LogP contribution >= 0.6 is 39.3 Å². The molecule has 1 unspecified atom stereocenters. The number of thioether (sulfide) groups is 1. The van der Waals surface area contributed by atoms with Crippen molar-refractivity contribution in [1.29, 1.82) is 0 Å². The number of pyridine rings is 1. The van der Waals surface area contributed by atoms with E-state index in [0.717, 1.165) is 18.6 Å². The molecule has 2 heterocycles. The molecule has 1 amide bonds. The molecule has 1 aliphatic heterocycles. The lowest BCUT2D eigenvalue weighted by atomic mass is 10.0. The number of carbonyl (C=O) groups excluding carboxylic acids is 1. The summed E-state index contributed by atoms with van der Waals surface area (Å²) in [6.07, 6.45) is 3.58. The lowest BCUT2D eigenvalue weighted by Crippen LogP contribution is -2.34. The van der Waals surface area contributed by atoms with Crippen LogP contribution in [0.25, 0.3) is 0 Å². The van der Waals surface area contributed by atoms with Crippen LogP contribution in [-0.4, -0.2) is 21.4 Å². The third-order valence-electron chi connectivity index (χ3n) is 2.75. The highest BCUT2D eigenvalue weighted by atomic mass is 79.9. The number of rotatable bonds is 2. The second kappa shape index (κ2) is 5.16. The Morgan fingerprint density at radius 1 is 1.71 bits per heavy atom. The van der Waals surface area contributed by atoms with E-state index in [1.807, 2.05) is 6.92 Å². The predicted octanol–water partition coefficient (Wildman–Crippen LogP) is 3.72. The first kappa shape index (κ1) is 13.2. The van der Waals surface area contributed by atoms with Crippen LogP contribution in [-0.2, 0) is 4.79 Å². The van der Waals surface area contributed by atoms with Gasteiger partial charge in [0, 0.05) is 0 Å². The molecule has 3 nitrogen and oxygen atoms in total. The van der Waals surface area contributed by atoms with Crippen LogP contribution < -0.4 is 5.32 Å². The SMILES string of the molecule is CC1(C(=O)Nc2cnc(Cl)c(Br)c2)CCCS1. The molecule has 6 heteroatoms. The van der Waals surface area contributed by atoms with Crippen molar-refractivity contribution in [3.05, 3.63) is 21.9 Å². The molecule has 1 atom stereocenters. The van der Waals surface area contributed by atoms with E-state index in [-0.39, 0.29) is 10.7 Å². The summed E-state index contributed by atoms with van der Waals surface area (Å²) in [5.74, 6) is 1.09. The van der Waals surface area contributed by atoms with Crippen molar-refractivity contribution in [2.45, 2.75) is 24.5 Å². The van der Waals surface area contributed by atoms with Gasteiger partial charge in [-0.05, 0) is 47.5 Å². The summed E-state index contributed by atoms with van der Waals surface area (Å²) in [5.41, 5.74) is 0.667. The Kier molecular flexibility index (Phi) is 4.00. The zero-order valence-corrected chi connectivity index (χ0v) is 12.5. The minimum absolute atomic E-state index is 0.0380. The molecule has 0 radical (unpaired) electrons. The van der Waals surface area contributed by atoms with Crippen LogP contribution in [0.4, 0.5) is 5.69 Å². The number of halogens is 2. The lowest BCUT2D eigenvalue weighted by molar-refractivity contribution is -0.118. The smallest absolute Gasteiger partial charge is 0.240 e. The molecular formula is C11H12BrClN2OS. The number of nitrogens with zero attached hydrogens (tertiary/aromatic N) is 1. The monoisotopic (exact) mass is 334 g/mol. The van der Waals surface area contributed by atoms with Crippen molar-refractivity contribution >= 4 is 50.9 Å². The maximum Gasteiger partial charge on any atom is 0.240 e. The largest absolute Gasteiger partial charge is 0.323 e. The van der Waals surface area contributed by atoms with E-state index in [0.29, 0.717) is 15.3 Å². The van der Waals surface area contributed by atoms with E-state index < -0.39 is 0 Å². The van der Waals surface area contributed by atoms with Crippen molar-refractivity contribution in [3.8, 4) is 0 Å². The molecule has 0 spiro atoms. The Hall–Kier alpha value is -0.260. The quantitative estimate of drug-likeness (QED) is 0.838. The van der Waals surface area contributed by atoms with Crippen LogP contribution in [0.5, 0.6) is 0 Å². The molecule has 1 aromatic rings. The third-order valence-corrected chi connectivity index (χ3v) is 5.41. The van der Waals surface area contributed by atoms with Crippen LogP contribution in [0, 0.1) is 0 Å². The Morgan fingerprint density at radius 2 is 2.47 bits per heavy atom. The van der Waals surface area contributed by atoms with Crippen molar-refractivity contribution in [2.75, 3.05) is 11.1 Å². The molecule has 1 fully saturated rings. The van der Waals surface area contributed by atoms with Gasteiger partial charge in [-0.1, -0.05) is 11.6 Å². The molecule has 17 heavy (non-hydrogen) atoms. The summed E-state index contributed by atoms with van der Waals surface area (Å²) in [7, 11) is 0. The maximum atomic E-state index is 12.1. The summed E-state index contributed by atoms with van der Waals surface area (Å²) in [4.78, 5) is 16.1. The number of anilines is 1. The number of amides is 1. The van der Waals surface area contributed by atoms with Crippen LogP contribution in [0.1, 0.15) is 19.8 Å². The summed E-state index contributed by atoms with van der Waals surface area (Å²) >= 11 is 10.8. The molecule has 92 valence electrons. The molecule has 0 aromatic carbocycles. The third kappa shape index (κ3) is 2.95. The van der Waals surface area contributed by atoms with Crippen molar-refractivity contribution < 1.29 is 4.79 Å². The zero-order valence-electron chi connectivity index (χ0n) is 9.30. The van der Waals surface area contributed by atoms with Gasteiger partial charge in [0.2, 0.25) is 5.91 Å². The van der Waals surface area contributed by atoms with Gasteiger partial charge in [-0.15, -0.1) is 11.8 Å². The highest BCUT2D eigenvalue weighted by Gasteiger charge is 2.37. The van der Waals surface area contributed by atoms with E-state index in [1.54, 1.807) is 24.0 Å². The first-order valence-electron chi connectivity index (χ1n) is 5.28. The standard InChI is InChI=1S/C11H12BrClN2OS/c1-11(3-2-4-17-11)10(16)15-7-5-8(12)9(13)14-6-7/h5-6H,2-4H2,1H3,(H,15,16). The maximum absolute atomic E-state index is 12.1. The van der Waals surface area contributed by atoms with E-state index in [1.165, 1.54) is 0 Å². The van der Waals surface area contributed by atoms with E-state index >= 15 is 0 Å². The van der Waals surface area contributed by atoms with Gasteiger partial charge in [0.15, 0.2) is 0 Å². The Morgan fingerprint density at radius 3 is 3.06 bits per heavy atom. The topological polar surface area (TPSA) is 42.0 Å². The van der Waals surface area contributed by atoms with Crippen molar-refractivity contribution in [1.82, 2.24) is 4.98 Å². The highest BCUT2D eigenvalue weighted by Crippen LogP contribution is 2.38. The van der Waals surface area contributed by atoms with Crippen molar-refractivity contribution in [2.24, 2.45) is 0 Å². The number of hydrogen-bond donors (Lipinski definition) is 1. The predicted molar refractivity (Wildman–Crippen MR) is 75.7 cm³/mol. The van der Waals surface area contributed by atoms with Gasteiger partial charge in [0.05, 0.1) is 21.1 Å². The Bertz CT molecular complexity index is 449. The highest BCUT2D eigenvalue weighted by molar-refractivity contribution is 9.10. The minimum atomic E-state index is -0.313. The zero-order chi connectivity index (χ0) is 12.5. The van der Waals surface area contributed by atoms with Crippen LogP contribution in [0.3, 0.4) is 0 Å². The summed E-state index contributed by atoms with van der Waals surface area (Å²) in [6, 6.07) is 1.76. The summed E-state index contributed by atoms with van der Waals surface area (Å²) in [5, 5.41) is 3.27. The molecular weight excluding hydrogens is 324 g/mol. The molecule has 2 rings (SSSR count). The van der Waals surface area contributed by atoms with E-state index in [9.17, 15) is 4.79 Å².